The second kappa shape index (κ2) is 6.56. The number of allylic oxidation sites excluding steroid dienone is 1. The summed E-state index contributed by atoms with van der Waals surface area (Å²) < 4.78 is 0. The predicted molar refractivity (Wildman–Crippen MR) is 97.7 cm³/mol. The summed E-state index contributed by atoms with van der Waals surface area (Å²) in [6, 6.07) is 14.8. The number of nitrogens with one attached hydrogen (secondary N) is 1. The Hall–Kier alpha value is -2.11. The van der Waals surface area contributed by atoms with Gasteiger partial charge in [0.15, 0.2) is 0 Å². The van der Waals surface area contributed by atoms with Crippen molar-refractivity contribution in [2.45, 2.75) is 13.8 Å². The second-order valence-corrected chi connectivity index (χ2v) is 5.47. The molecule has 0 unspecified atom stereocenters. The molecule has 0 saturated heterocycles. The van der Waals surface area contributed by atoms with Crippen LogP contribution in [0.1, 0.15) is 18.1 Å². The van der Waals surface area contributed by atoms with Crippen LogP contribution in [0.15, 0.2) is 66.9 Å². The number of rotatable bonds is 5. The maximum atomic E-state index is 3.97. The molecular formula is C19H20NP. The Labute approximate surface area is 129 Å². The fraction of sp³-hybridized carbons (Fsp3) is 0.105. The summed E-state index contributed by atoms with van der Waals surface area (Å²) in [5, 5.41) is 3.30. The van der Waals surface area contributed by atoms with Crippen molar-refractivity contribution in [2.24, 2.45) is 0 Å². The zero-order valence-corrected chi connectivity index (χ0v) is 13.5. The van der Waals surface area contributed by atoms with Crippen molar-refractivity contribution in [2.75, 3.05) is 5.32 Å². The Kier molecular flexibility index (Phi) is 4.77. The van der Waals surface area contributed by atoms with Crippen LogP contribution >= 0.6 is 8.86 Å². The van der Waals surface area contributed by atoms with Crippen molar-refractivity contribution >= 4 is 20.3 Å². The molecule has 2 heteroatoms. The molecule has 1 nitrogen and oxygen atoms in total. The molecule has 0 heterocycles. The topological polar surface area (TPSA) is 12.0 Å². The fourth-order valence-electron chi connectivity index (χ4n) is 2.02. The highest BCUT2D eigenvalue weighted by Crippen LogP contribution is 2.26. The molecule has 0 atom stereocenters. The van der Waals surface area contributed by atoms with Gasteiger partial charge in [-0.05, 0) is 59.6 Å². The summed E-state index contributed by atoms with van der Waals surface area (Å²) in [6.07, 6.45) is 0. The highest BCUT2D eigenvalue weighted by atomic mass is 31.0. The van der Waals surface area contributed by atoms with Gasteiger partial charge in [-0.1, -0.05) is 43.5 Å². The Morgan fingerprint density at radius 2 is 1.67 bits per heavy atom. The van der Waals surface area contributed by atoms with E-state index in [0.717, 1.165) is 22.5 Å². The number of aryl methyl sites for hydroxylation is 1. The average molecular weight is 293 g/mol. The normalized spacial score (nSPS) is 10.0. The van der Waals surface area contributed by atoms with Gasteiger partial charge in [0.25, 0.3) is 0 Å². The van der Waals surface area contributed by atoms with Crippen LogP contribution < -0.4 is 5.32 Å². The van der Waals surface area contributed by atoms with Crippen LogP contribution in [0.2, 0.25) is 0 Å². The lowest BCUT2D eigenvalue weighted by Crippen LogP contribution is -2.00. The van der Waals surface area contributed by atoms with Gasteiger partial charge in [0.1, 0.15) is 0 Å². The van der Waals surface area contributed by atoms with Crippen LogP contribution in [0.3, 0.4) is 0 Å². The molecular weight excluding hydrogens is 273 g/mol. The monoisotopic (exact) mass is 293 g/mol. The lowest BCUT2D eigenvalue weighted by Gasteiger charge is -2.13. The summed E-state index contributed by atoms with van der Waals surface area (Å²) in [6.45, 7) is 11.9. The second-order valence-electron chi connectivity index (χ2n) is 5.18. The fourth-order valence-corrected chi connectivity index (χ4v) is 2.22. The smallest absolute Gasteiger partial charge is 0.0414 e. The van der Waals surface area contributed by atoms with E-state index >= 15 is 0 Å². The quantitative estimate of drug-likeness (QED) is 0.570. The summed E-state index contributed by atoms with van der Waals surface area (Å²) in [5.74, 6) is 1.91. The molecule has 0 aromatic heterocycles. The molecule has 2 aromatic carbocycles. The van der Waals surface area contributed by atoms with E-state index < -0.39 is 0 Å². The molecule has 0 amide bonds. The summed E-state index contributed by atoms with van der Waals surface area (Å²) in [5.41, 5.74) is 7.62. The van der Waals surface area contributed by atoms with E-state index in [0.29, 0.717) is 0 Å². The minimum absolute atomic E-state index is 0.850. The van der Waals surface area contributed by atoms with Crippen molar-refractivity contribution in [3.05, 3.63) is 78.0 Å². The molecule has 0 fully saturated rings. The van der Waals surface area contributed by atoms with Crippen molar-refractivity contribution in [1.82, 2.24) is 0 Å². The van der Waals surface area contributed by atoms with Gasteiger partial charge in [-0.3, -0.25) is 0 Å². The zero-order valence-electron chi connectivity index (χ0n) is 12.5. The van der Waals surface area contributed by atoms with Crippen molar-refractivity contribution in [1.29, 1.82) is 0 Å². The third kappa shape index (κ3) is 3.71. The standard InChI is InChI=1S/C19H20NP/c1-13(2)15(4)20-19-10-9-18(11-14(19)3)17-7-5-16(12-21)6-8-17/h5-12,20-21H,1,4H2,2-3H3. The first-order valence-electron chi connectivity index (χ1n) is 6.84. The van der Waals surface area contributed by atoms with Crippen LogP contribution in [-0.2, 0) is 0 Å². The van der Waals surface area contributed by atoms with E-state index in [1.807, 2.05) is 12.7 Å². The van der Waals surface area contributed by atoms with Crippen LogP contribution in [0.4, 0.5) is 5.69 Å². The van der Waals surface area contributed by atoms with Crippen LogP contribution in [-0.4, -0.2) is 5.80 Å². The molecule has 1 N–H and O–H groups in total. The van der Waals surface area contributed by atoms with Gasteiger partial charge >= 0.3 is 0 Å². The van der Waals surface area contributed by atoms with Gasteiger partial charge < -0.3 is 5.32 Å². The van der Waals surface area contributed by atoms with E-state index in [2.05, 4.69) is 76.7 Å². The van der Waals surface area contributed by atoms with Crippen LogP contribution in [0.5, 0.6) is 0 Å². The molecule has 0 saturated carbocycles. The maximum Gasteiger partial charge on any atom is 0.0414 e. The Morgan fingerprint density at radius 3 is 2.19 bits per heavy atom. The molecule has 2 aromatic rings. The largest absolute Gasteiger partial charge is 0.356 e. The summed E-state index contributed by atoms with van der Waals surface area (Å²) in [7, 11) is 3.39. The molecule has 0 radical (unpaired) electrons. The van der Waals surface area contributed by atoms with Gasteiger partial charge in [0, 0.05) is 11.4 Å². The summed E-state index contributed by atoms with van der Waals surface area (Å²) >= 11 is 0. The average Bonchev–Trinajstić information content (AvgIpc) is 2.49. The lowest BCUT2D eigenvalue weighted by atomic mass is 10.0. The first-order chi connectivity index (χ1) is 10.0. The van der Waals surface area contributed by atoms with Crippen LogP contribution in [0.25, 0.3) is 11.1 Å². The highest BCUT2D eigenvalue weighted by Gasteiger charge is 2.04. The molecule has 106 valence electrons. The number of anilines is 1. The minimum Gasteiger partial charge on any atom is -0.356 e. The van der Waals surface area contributed by atoms with E-state index in [4.69, 9.17) is 0 Å². The van der Waals surface area contributed by atoms with Gasteiger partial charge in [-0.2, -0.15) is 0 Å². The number of hydrogen-bond acceptors (Lipinski definition) is 1. The molecule has 21 heavy (non-hydrogen) atoms. The van der Waals surface area contributed by atoms with E-state index in [9.17, 15) is 0 Å². The van der Waals surface area contributed by atoms with Crippen LogP contribution in [0, 0.1) is 6.92 Å². The van der Waals surface area contributed by atoms with Gasteiger partial charge in [0.2, 0.25) is 0 Å². The molecule has 0 bridgehead atoms. The first kappa shape index (κ1) is 15.3. The predicted octanol–water partition coefficient (Wildman–Crippen LogP) is 5.46. The maximum absolute atomic E-state index is 3.97. The molecule has 2 rings (SSSR count). The number of benzene rings is 2. The van der Waals surface area contributed by atoms with Gasteiger partial charge in [-0.25, -0.2) is 0 Å². The summed E-state index contributed by atoms with van der Waals surface area (Å²) in [4.78, 5) is 0. The van der Waals surface area contributed by atoms with E-state index in [1.54, 1.807) is 0 Å². The van der Waals surface area contributed by atoms with Gasteiger partial charge in [0.05, 0.1) is 0 Å². The first-order valence-corrected chi connectivity index (χ1v) is 7.42. The molecule has 0 spiro atoms. The SMILES string of the molecule is C=C(C)C(=C)Nc1ccc(-c2ccc(C=P)cc2)cc1C. The highest BCUT2D eigenvalue weighted by molar-refractivity contribution is 7.19. The number of hydrogen-bond donors (Lipinski definition) is 1. The Bertz CT molecular complexity index is 696. The Morgan fingerprint density at radius 1 is 1.05 bits per heavy atom. The third-order valence-electron chi connectivity index (χ3n) is 3.44. The van der Waals surface area contributed by atoms with Gasteiger partial charge in [-0.15, -0.1) is 8.86 Å². The molecule has 0 aliphatic heterocycles. The van der Waals surface area contributed by atoms with Crippen molar-refractivity contribution in [3.63, 3.8) is 0 Å². The molecule has 0 aliphatic carbocycles. The third-order valence-corrected chi connectivity index (χ3v) is 3.77. The van der Waals surface area contributed by atoms with E-state index in [-0.39, 0.29) is 0 Å². The van der Waals surface area contributed by atoms with Crippen molar-refractivity contribution in [3.8, 4) is 11.1 Å². The zero-order chi connectivity index (χ0) is 15.4. The van der Waals surface area contributed by atoms with E-state index in [1.165, 1.54) is 16.7 Å². The minimum atomic E-state index is 0.850. The molecule has 0 aliphatic rings. The lowest BCUT2D eigenvalue weighted by molar-refractivity contribution is 1.34. The Balaban J connectivity index is 2.27. The van der Waals surface area contributed by atoms with Crippen molar-refractivity contribution < 1.29 is 0 Å².